The van der Waals surface area contributed by atoms with Crippen LogP contribution in [0, 0.1) is 0 Å². The second kappa shape index (κ2) is 8.49. The Morgan fingerprint density at radius 2 is 1.93 bits per heavy atom. The predicted octanol–water partition coefficient (Wildman–Crippen LogP) is 4.20. The summed E-state index contributed by atoms with van der Waals surface area (Å²) < 4.78 is 44.7. The van der Waals surface area contributed by atoms with E-state index >= 15 is 0 Å². The summed E-state index contributed by atoms with van der Waals surface area (Å²) in [6.07, 6.45) is -4.43. The molecule has 1 aliphatic heterocycles. The molecule has 0 atom stereocenters. The molecule has 0 aliphatic carbocycles. The molecule has 2 aromatic carbocycles. The molecular weight excluding hydrogens is 417 g/mol. The first-order valence-electron chi connectivity index (χ1n) is 9.33. The van der Waals surface area contributed by atoms with Gasteiger partial charge in [0, 0.05) is 24.5 Å². The van der Waals surface area contributed by atoms with Gasteiger partial charge in [-0.2, -0.15) is 13.2 Å². The first-order chi connectivity index (χ1) is 14.4. The molecule has 2 heterocycles. The van der Waals surface area contributed by atoms with Crippen molar-refractivity contribution in [3.63, 3.8) is 0 Å². The van der Waals surface area contributed by atoms with Crippen LogP contribution in [-0.4, -0.2) is 43.7 Å². The number of morpholine rings is 1. The van der Waals surface area contributed by atoms with Gasteiger partial charge >= 0.3 is 6.18 Å². The maximum Gasteiger partial charge on any atom is 0.416 e. The van der Waals surface area contributed by atoms with Crippen LogP contribution in [0.15, 0.2) is 42.5 Å². The van der Waals surface area contributed by atoms with Crippen LogP contribution in [-0.2, 0) is 15.7 Å². The third kappa shape index (κ3) is 4.82. The maximum absolute atomic E-state index is 12.8. The van der Waals surface area contributed by atoms with Crippen molar-refractivity contribution in [3.8, 4) is 0 Å². The molecule has 158 valence electrons. The number of thiazole rings is 1. The Morgan fingerprint density at radius 3 is 2.70 bits per heavy atom. The zero-order chi connectivity index (χ0) is 21.1. The van der Waals surface area contributed by atoms with Crippen molar-refractivity contribution in [2.75, 3.05) is 48.4 Å². The van der Waals surface area contributed by atoms with E-state index in [4.69, 9.17) is 4.74 Å². The Kier molecular flexibility index (Phi) is 5.78. The Bertz CT molecular complexity index is 1050. The van der Waals surface area contributed by atoms with Crippen LogP contribution in [0.2, 0.25) is 0 Å². The van der Waals surface area contributed by atoms with E-state index in [-0.39, 0.29) is 18.1 Å². The second-order valence-corrected chi connectivity index (χ2v) is 7.77. The number of hydrogen-bond donors (Lipinski definition) is 2. The summed E-state index contributed by atoms with van der Waals surface area (Å²) in [5, 5.41) is 6.40. The van der Waals surface area contributed by atoms with Crippen molar-refractivity contribution in [2.24, 2.45) is 0 Å². The van der Waals surface area contributed by atoms with Crippen LogP contribution in [0.5, 0.6) is 0 Å². The highest BCUT2D eigenvalue weighted by atomic mass is 32.1. The maximum atomic E-state index is 12.8. The third-order valence-electron chi connectivity index (χ3n) is 4.59. The van der Waals surface area contributed by atoms with Gasteiger partial charge < -0.3 is 20.3 Å². The molecule has 30 heavy (non-hydrogen) atoms. The number of rotatable bonds is 5. The lowest BCUT2D eigenvalue weighted by molar-refractivity contribution is -0.137. The average molecular weight is 436 g/mol. The standard InChI is InChI=1S/C20H19F3N4O2S/c21-20(22,23)13-2-1-3-14(10-13)24-12-18(28)25-15-4-5-16-17(11-15)30-19(26-16)27-6-8-29-9-7-27/h1-5,10-11,24H,6-9,12H2,(H,25,28). The van der Waals surface area contributed by atoms with E-state index in [1.165, 1.54) is 12.1 Å². The number of aromatic nitrogens is 1. The van der Waals surface area contributed by atoms with Crippen molar-refractivity contribution in [3.05, 3.63) is 48.0 Å². The molecule has 6 nitrogen and oxygen atoms in total. The van der Waals surface area contributed by atoms with E-state index in [2.05, 4.69) is 20.5 Å². The van der Waals surface area contributed by atoms with Gasteiger partial charge in [0.1, 0.15) is 0 Å². The minimum atomic E-state index is -4.43. The molecule has 1 fully saturated rings. The number of benzene rings is 2. The minimum absolute atomic E-state index is 0.152. The van der Waals surface area contributed by atoms with Crippen LogP contribution in [0.1, 0.15) is 5.56 Å². The highest BCUT2D eigenvalue weighted by Crippen LogP contribution is 2.32. The van der Waals surface area contributed by atoms with E-state index in [1.54, 1.807) is 17.4 Å². The zero-order valence-electron chi connectivity index (χ0n) is 15.8. The first-order valence-corrected chi connectivity index (χ1v) is 10.1. The van der Waals surface area contributed by atoms with Crippen LogP contribution < -0.4 is 15.5 Å². The molecule has 0 spiro atoms. The van der Waals surface area contributed by atoms with Gasteiger partial charge in [0.25, 0.3) is 0 Å². The molecule has 0 unspecified atom stereocenters. The zero-order valence-corrected chi connectivity index (χ0v) is 16.6. The molecule has 2 N–H and O–H groups in total. The number of hydrogen-bond acceptors (Lipinski definition) is 6. The number of nitrogens with zero attached hydrogens (tertiary/aromatic N) is 2. The molecule has 3 aromatic rings. The summed E-state index contributed by atoms with van der Waals surface area (Å²) in [7, 11) is 0. The number of ether oxygens (including phenoxy) is 1. The van der Waals surface area contributed by atoms with Crippen molar-refractivity contribution < 1.29 is 22.7 Å². The normalized spacial score (nSPS) is 14.7. The van der Waals surface area contributed by atoms with Gasteiger partial charge in [0.15, 0.2) is 5.13 Å². The monoisotopic (exact) mass is 436 g/mol. The summed E-state index contributed by atoms with van der Waals surface area (Å²) in [6, 6.07) is 10.2. The Labute approximate surface area is 174 Å². The summed E-state index contributed by atoms with van der Waals surface area (Å²) in [6.45, 7) is 2.79. The van der Waals surface area contributed by atoms with Crippen molar-refractivity contribution in [1.29, 1.82) is 0 Å². The number of fused-ring (bicyclic) bond motifs is 1. The molecular formula is C20H19F3N4O2S. The van der Waals surface area contributed by atoms with E-state index in [1.807, 2.05) is 12.1 Å². The van der Waals surface area contributed by atoms with Gasteiger partial charge in [-0.05, 0) is 36.4 Å². The second-order valence-electron chi connectivity index (χ2n) is 6.76. The molecule has 1 aliphatic rings. The summed E-state index contributed by atoms with van der Waals surface area (Å²) in [5.74, 6) is -0.357. The van der Waals surface area contributed by atoms with Crippen molar-refractivity contribution >= 4 is 44.0 Å². The first kappa shape index (κ1) is 20.4. The largest absolute Gasteiger partial charge is 0.416 e. The van der Waals surface area contributed by atoms with Crippen LogP contribution in [0.25, 0.3) is 10.2 Å². The number of anilines is 3. The Balaban J connectivity index is 1.38. The fourth-order valence-corrected chi connectivity index (χ4v) is 4.13. The minimum Gasteiger partial charge on any atom is -0.378 e. The fraction of sp³-hybridized carbons (Fsp3) is 0.300. The number of halogens is 3. The average Bonchev–Trinajstić information content (AvgIpc) is 3.16. The number of nitrogens with one attached hydrogen (secondary N) is 2. The number of carbonyl (C=O) groups is 1. The predicted molar refractivity (Wildman–Crippen MR) is 111 cm³/mol. The van der Waals surface area contributed by atoms with Gasteiger partial charge in [0.2, 0.25) is 5.91 Å². The molecule has 0 bridgehead atoms. The van der Waals surface area contributed by atoms with E-state index in [0.717, 1.165) is 40.6 Å². The van der Waals surface area contributed by atoms with E-state index in [9.17, 15) is 18.0 Å². The Hall–Kier alpha value is -2.85. The quantitative estimate of drug-likeness (QED) is 0.628. The number of amides is 1. The number of alkyl halides is 3. The van der Waals surface area contributed by atoms with Gasteiger partial charge in [-0.3, -0.25) is 4.79 Å². The molecule has 0 radical (unpaired) electrons. The summed E-state index contributed by atoms with van der Waals surface area (Å²) in [4.78, 5) is 19.0. The van der Waals surface area contributed by atoms with Gasteiger partial charge in [0.05, 0.1) is 35.5 Å². The van der Waals surface area contributed by atoms with E-state index < -0.39 is 11.7 Å². The lowest BCUT2D eigenvalue weighted by Crippen LogP contribution is -2.36. The van der Waals surface area contributed by atoms with Gasteiger partial charge in [-0.25, -0.2) is 4.98 Å². The smallest absolute Gasteiger partial charge is 0.378 e. The molecule has 0 saturated carbocycles. The van der Waals surface area contributed by atoms with Crippen molar-refractivity contribution in [2.45, 2.75) is 6.18 Å². The Morgan fingerprint density at radius 1 is 1.13 bits per heavy atom. The lowest BCUT2D eigenvalue weighted by atomic mass is 10.2. The molecule has 1 aromatic heterocycles. The van der Waals surface area contributed by atoms with Crippen LogP contribution in [0.4, 0.5) is 29.7 Å². The third-order valence-corrected chi connectivity index (χ3v) is 5.66. The molecule has 1 amide bonds. The van der Waals surface area contributed by atoms with Gasteiger partial charge in [-0.1, -0.05) is 17.4 Å². The SMILES string of the molecule is O=C(CNc1cccc(C(F)(F)F)c1)Nc1ccc2nc(N3CCOCC3)sc2c1. The topological polar surface area (TPSA) is 66.5 Å². The van der Waals surface area contributed by atoms with Crippen LogP contribution in [0.3, 0.4) is 0 Å². The fourth-order valence-electron chi connectivity index (χ4n) is 3.07. The molecule has 10 heteroatoms. The summed E-state index contributed by atoms with van der Waals surface area (Å²) in [5.41, 5.74) is 0.921. The number of carbonyl (C=O) groups excluding carboxylic acids is 1. The van der Waals surface area contributed by atoms with Crippen molar-refractivity contribution in [1.82, 2.24) is 4.98 Å². The highest BCUT2D eigenvalue weighted by Gasteiger charge is 2.30. The van der Waals surface area contributed by atoms with Crippen LogP contribution >= 0.6 is 11.3 Å². The lowest BCUT2D eigenvalue weighted by Gasteiger charge is -2.25. The van der Waals surface area contributed by atoms with Gasteiger partial charge in [-0.15, -0.1) is 0 Å². The molecule has 1 saturated heterocycles. The molecule has 4 rings (SSSR count). The highest BCUT2D eigenvalue weighted by molar-refractivity contribution is 7.22. The van der Waals surface area contributed by atoms with E-state index in [0.29, 0.717) is 18.9 Å². The summed E-state index contributed by atoms with van der Waals surface area (Å²) >= 11 is 1.54.